The number of halogens is 3. The normalized spacial score (nSPS) is 13.2. The molecule has 4 nitrogen and oxygen atoms in total. The highest BCUT2D eigenvalue weighted by Crippen LogP contribution is 2.23. The summed E-state index contributed by atoms with van der Waals surface area (Å²) in [5.74, 6) is -0.314. The lowest BCUT2D eigenvalue weighted by Gasteiger charge is -2.12. The molecule has 96 valence electrons. The van der Waals surface area contributed by atoms with Gasteiger partial charge in [-0.3, -0.25) is 0 Å². The average molecular weight is 251 g/mol. The summed E-state index contributed by atoms with van der Waals surface area (Å²) in [6, 6.07) is 5.07. The molecule has 0 radical (unpaired) electrons. The van der Waals surface area contributed by atoms with E-state index in [2.05, 4.69) is 10.1 Å². The minimum Gasteiger partial charge on any atom is -0.406 e. The van der Waals surface area contributed by atoms with E-state index in [-0.39, 0.29) is 18.9 Å². The summed E-state index contributed by atoms with van der Waals surface area (Å²) < 4.78 is 39.2. The Morgan fingerprint density at radius 2 is 1.82 bits per heavy atom. The van der Waals surface area contributed by atoms with Gasteiger partial charge in [0.15, 0.2) is 0 Å². The first kappa shape index (κ1) is 13.6. The molecule has 0 saturated heterocycles. The standard InChI is InChI=1S/C10H12F3NO3/c11-10(12,13)17-9-3-1-7(2-4-9)14-5-8(16)6-15/h1-4,8,14-16H,5-6H2. The molecule has 0 aromatic heterocycles. The van der Waals surface area contributed by atoms with Crippen molar-refractivity contribution in [2.45, 2.75) is 12.5 Å². The topological polar surface area (TPSA) is 61.7 Å². The van der Waals surface area contributed by atoms with Crippen LogP contribution >= 0.6 is 0 Å². The van der Waals surface area contributed by atoms with Crippen molar-refractivity contribution >= 4 is 5.69 Å². The number of rotatable bonds is 5. The van der Waals surface area contributed by atoms with Crippen LogP contribution in [0.5, 0.6) is 5.75 Å². The van der Waals surface area contributed by atoms with E-state index in [1.54, 1.807) is 0 Å². The molecule has 3 N–H and O–H groups in total. The SMILES string of the molecule is OCC(O)CNc1ccc(OC(F)(F)F)cc1. The summed E-state index contributed by atoms with van der Waals surface area (Å²) in [4.78, 5) is 0. The zero-order valence-corrected chi connectivity index (χ0v) is 8.74. The number of benzene rings is 1. The van der Waals surface area contributed by atoms with Gasteiger partial charge < -0.3 is 20.3 Å². The van der Waals surface area contributed by atoms with Crippen LogP contribution in [0.1, 0.15) is 0 Å². The molecule has 1 unspecified atom stereocenters. The van der Waals surface area contributed by atoms with Crippen molar-refractivity contribution in [3.63, 3.8) is 0 Å². The molecule has 0 aliphatic carbocycles. The van der Waals surface area contributed by atoms with E-state index in [0.29, 0.717) is 5.69 Å². The van der Waals surface area contributed by atoms with Crippen LogP contribution in [-0.4, -0.2) is 35.8 Å². The first-order chi connectivity index (χ1) is 7.90. The van der Waals surface area contributed by atoms with Gasteiger partial charge in [-0.05, 0) is 24.3 Å². The molecule has 17 heavy (non-hydrogen) atoms. The average Bonchev–Trinajstić information content (AvgIpc) is 2.25. The van der Waals surface area contributed by atoms with Gasteiger partial charge in [-0.15, -0.1) is 13.2 Å². The third kappa shape index (κ3) is 5.41. The third-order valence-corrected chi connectivity index (χ3v) is 1.84. The number of anilines is 1. The molecule has 0 aliphatic rings. The Kier molecular flexibility index (Phi) is 4.59. The van der Waals surface area contributed by atoms with Crippen molar-refractivity contribution in [3.8, 4) is 5.75 Å². The molecule has 0 bridgehead atoms. The van der Waals surface area contributed by atoms with Gasteiger partial charge in [-0.2, -0.15) is 0 Å². The van der Waals surface area contributed by atoms with Crippen molar-refractivity contribution in [1.29, 1.82) is 0 Å². The van der Waals surface area contributed by atoms with Gasteiger partial charge in [-0.1, -0.05) is 0 Å². The van der Waals surface area contributed by atoms with E-state index in [0.717, 1.165) is 12.1 Å². The molecular weight excluding hydrogens is 239 g/mol. The van der Waals surface area contributed by atoms with Gasteiger partial charge in [0.25, 0.3) is 0 Å². The van der Waals surface area contributed by atoms with Crippen molar-refractivity contribution in [3.05, 3.63) is 24.3 Å². The van der Waals surface area contributed by atoms with Crippen LogP contribution in [0.15, 0.2) is 24.3 Å². The summed E-state index contributed by atoms with van der Waals surface area (Å²) >= 11 is 0. The second-order valence-electron chi connectivity index (χ2n) is 3.29. The molecule has 1 atom stereocenters. The summed E-state index contributed by atoms with van der Waals surface area (Å²) in [6.45, 7) is -0.280. The highest BCUT2D eigenvalue weighted by molar-refractivity contribution is 5.46. The minimum absolute atomic E-state index is 0.107. The molecule has 1 rings (SSSR count). The van der Waals surface area contributed by atoms with E-state index in [4.69, 9.17) is 10.2 Å². The summed E-state index contributed by atoms with van der Waals surface area (Å²) in [6.07, 6.45) is -5.62. The zero-order valence-electron chi connectivity index (χ0n) is 8.74. The number of aliphatic hydroxyl groups is 2. The van der Waals surface area contributed by atoms with E-state index in [9.17, 15) is 13.2 Å². The van der Waals surface area contributed by atoms with Crippen molar-refractivity contribution in [2.24, 2.45) is 0 Å². The van der Waals surface area contributed by atoms with E-state index < -0.39 is 12.5 Å². The van der Waals surface area contributed by atoms with E-state index in [1.165, 1.54) is 12.1 Å². The minimum atomic E-state index is -4.71. The monoisotopic (exact) mass is 251 g/mol. The molecule has 1 aromatic rings. The Morgan fingerprint density at radius 1 is 1.24 bits per heavy atom. The molecular formula is C10H12F3NO3. The largest absolute Gasteiger partial charge is 0.573 e. The molecule has 0 heterocycles. The van der Waals surface area contributed by atoms with Gasteiger partial charge in [-0.25, -0.2) is 0 Å². The maximum Gasteiger partial charge on any atom is 0.573 e. The fourth-order valence-corrected chi connectivity index (χ4v) is 1.07. The quantitative estimate of drug-likeness (QED) is 0.739. The summed E-state index contributed by atoms with van der Waals surface area (Å²) in [5, 5.41) is 20.3. The van der Waals surface area contributed by atoms with Gasteiger partial charge in [0.05, 0.1) is 12.7 Å². The fraction of sp³-hybridized carbons (Fsp3) is 0.400. The number of ether oxygens (including phenoxy) is 1. The number of hydrogen-bond acceptors (Lipinski definition) is 4. The van der Waals surface area contributed by atoms with E-state index >= 15 is 0 Å². The third-order valence-electron chi connectivity index (χ3n) is 1.84. The van der Waals surface area contributed by atoms with Crippen LogP contribution in [-0.2, 0) is 0 Å². The second-order valence-corrected chi connectivity index (χ2v) is 3.29. The second kappa shape index (κ2) is 5.74. The fourth-order valence-electron chi connectivity index (χ4n) is 1.07. The maximum absolute atomic E-state index is 11.8. The van der Waals surface area contributed by atoms with Gasteiger partial charge in [0.1, 0.15) is 5.75 Å². The van der Waals surface area contributed by atoms with Crippen LogP contribution in [0.2, 0.25) is 0 Å². The Morgan fingerprint density at radius 3 is 2.29 bits per heavy atom. The van der Waals surface area contributed by atoms with Crippen LogP contribution in [0.25, 0.3) is 0 Å². The lowest BCUT2D eigenvalue weighted by molar-refractivity contribution is -0.274. The summed E-state index contributed by atoms with van der Waals surface area (Å²) in [7, 11) is 0. The molecule has 0 amide bonds. The maximum atomic E-state index is 11.8. The molecule has 7 heteroatoms. The molecule has 0 spiro atoms. The summed E-state index contributed by atoms with van der Waals surface area (Å²) in [5.41, 5.74) is 0.520. The highest BCUT2D eigenvalue weighted by Gasteiger charge is 2.30. The number of nitrogens with one attached hydrogen (secondary N) is 1. The molecule has 1 aromatic carbocycles. The van der Waals surface area contributed by atoms with Crippen LogP contribution in [0, 0.1) is 0 Å². The highest BCUT2D eigenvalue weighted by atomic mass is 19.4. The van der Waals surface area contributed by atoms with Crippen LogP contribution in [0.3, 0.4) is 0 Å². The van der Waals surface area contributed by atoms with Crippen LogP contribution in [0.4, 0.5) is 18.9 Å². The van der Waals surface area contributed by atoms with Crippen molar-refractivity contribution in [2.75, 3.05) is 18.5 Å². The Labute approximate surface area is 95.6 Å². The lowest BCUT2D eigenvalue weighted by Crippen LogP contribution is -2.22. The predicted octanol–water partition coefficient (Wildman–Crippen LogP) is 1.35. The number of aliphatic hydroxyl groups excluding tert-OH is 2. The number of hydrogen-bond donors (Lipinski definition) is 3. The van der Waals surface area contributed by atoms with Crippen molar-refractivity contribution < 1.29 is 28.1 Å². The van der Waals surface area contributed by atoms with Crippen molar-refractivity contribution in [1.82, 2.24) is 0 Å². The molecule has 0 saturated carbocycles. The lowest BCUT2D eigenvalue weighted by atomic mass is 10.3. The Bertz CT molecular complexity index is 340. The van der Waals surface area contributed by atoms with Gasteiger partial charge in [0, 0.05) is 12.2 Å². The number of alkyl halides is 3. The van der Waals surface area contributed by atoms with Crippen LogP contribution < -0.4 is 10.1 Å². The molecule has 0 fully saturated rings. The Hall–Kier alpha value is -1.47. The smallest absolute Gasteiger partial charge is 0.406 e. The predicted molar refractivity (Wildman–Crippen MR) is 54.7 cm³/mol. The molecule has 0 aliphatic heterocycles. The Balaban J connectivity index is 2.50. The van der Waals surface area contributed by atoms with E-state index in [1.807, 2.05) is 0 Å². The van der Waals surface area contributed by atoms with Gasteiger partial charge >= 0.3 is 6.36 Å². The van der Waals surface area contributed by atoms with Gasteiger partial charge in [0.2, 0.25) is 0 Å². The first-order valence-electron chi connectivity index (χ1n) is 4.79. The zero-order chi connectivity index (χ0) is 12.9. The first-order valence-corrected chi connectivity index (χ1v) is 4.79.